The largest absolute Gasteiger partial charge is 0.366 e. The minimum absolute atomic E-state index is 0.370. The van der Waals surface area contributed by atoms with Gasteiger partial charge in [0.25, 0.3) is 0 Å². The molecule has 0 spiro atoms. The molecule has 1 aromatic carbocycles. The summed E-state index contributed by atoms with van der Waals surface area (Å²) in [6, 6.07) is 8.00. The van der Waals surface area contributed by atoms with Crippen LogP contribution in [0.5, 0.6) is 0 Å². The fourth-order valence-corrected chi connectivity index (χ4v) is 2.18. The summed E-state index contributed by atoms with van der Waals surface area (Å²) in [5.41, 5.74) is 5.43. The molecule has 0 bridgehead atoms. The van der Waals surface area contributed by atoms with Crippen molar-refractivity contribution in [2.45, 2.75) is 27.3 Å². The third-order valence-electron chi connectivity index (χ3n) is 3.07. The molecule has 0 fully saturated rings. The lowest BCUT2D eigenvalue weighted by Crippen LogP contribution is -2.05. The first-order valence-corrected chi connectivity index (χ1v) is 6.13. The van der Waals surface area contributed by atoms with E-state index in [1.165, 1.54) is 28.6 Å². The van der Waals surface area contributed by atoms with Gasteiger partial charge in [-0.25, -0.2) is 9.97 Å². The summed E-state index contributed by atoms with van der Waals surface area (Å²) >= 11 is 0. The fraction of sp³-hybridized carbons (Fsp3) is 0.267. The van der Waals surface area contributed by atoms with E-state index in [1.54, 1.807) is 6.07 Å². The quantitative estimate of drug-likeness (QED) is 0.912. The van der Waals surface area contributed by atoms with Crippen LogP contribution in [0, 0.1) is 32.1 Å². The number of nitriles is 1. The Morgan fingerprint density at radius 2 is 1.79 bits per heavy atom. The van der Waals surface area contributed by atoms with Crippen LogP contribution in [0.1, 0.15) is 27.9 Å². The van der Waals surface area contributed by atoms with Crippen LogP contribution < -0.4 is 5.32 Å². The van der Waals surface area contributed by atoms with Gasteiger partial charge in [-0.2, -0.15) is 5.26 Å². The molecule has 0 radical (unpaired) electrons. The monoisotopic (exact) mass is 252 g/mol. The van der Waals surface area contributed by atoms with E-state index in [0.717, 1.165) is 0 Å². The third kappa shape index (κ3) is 3.08. The molecule has 4 heteroatoms. The molecule has 0 saturated heterocycles. The van der Waals surface area contributed by atoms with E-state index in [1.807, 2.05) is 6.07 Å². The summed E-state index contributed by atoms with van der Waals surface area (Å²) in [4.78, 5) is 7.95. The van der Waals surface area contributed by atoms with Crippen molar-refractivity contribution in [1.82, 2.24) is 9.97 Å². The zero-order valence-corrected chi connectivity index (χ0v) is 11.4. The first-order chi connectivity index (χ1) is 9.10. The lowest BCUT2D eigenvalue weighted by atomic mass is 10.00. The Bertz CT molecular complexity index is 618. The molecule has 19 heavy (non-hydrogen) atoms. The lowest BCUT2D eigenvalue weighted by Gasteiger charge is -2.12. The summed E-state index contributed by atoms with van der Waals surface area (Å²) in [5, 5.41) is 12.0. The normalized spacial score (nSPS) is 10.0. The van der Waals surface area contributed by atoms with Crippen LogP contribution >= 0.6 is 0 Å². The average Bonchev–Trinajstić information content (AvgIpc) is 2.37. The van der Waals surface area contributed by atoms with Gasteiger partial charge in [0.1, 0.15) is 23.9 Å². The van der Waals surface area contributed by atoms with Crippen LogP contribution in [0.2, 0.25) is 0 Å². The van der Waals surface area contributed by atoms with Gasteiger partial charge in [-0.15, -0.1) is 0 Å². The van der Waals surface area contributed by atoms with E-state index in [2.05, 4.69) is 48.2 Å². The maximum Gasteiger partial charge on any atom is 0.145 e. The van der Waals surface area contributed by atoms with Crippen molar-refractivity contribution >= 4 is 5.82 Å². The van der Waals surface area contributed by atoms with Crippen LogP contribution in [0.3, 0.4) is 0 Å². The second-order valence-electron chi connectivity index (χ2n) is 4.63. The van der Waals surface area contributed by atoms with Gasteiger partial charge in [-0.3, -0.25) is 0 Å². The Balaban J connectivity index is 2.17. The Morgan fingerprint density at radius 1 is 1.11 bits per heavy atom. The maximum atomic E-state index is 8.80. The molecule has 1 N–H and O–H groups in total. The van der Waals surface area contributed by atoms with Crippen LogP contribution in [0.25, 0.3) is 0 Å². The number of aromatic nitrogens is 2. The number of aryl methyl sites for hydroxylation is 3. The summed E-state index contributed by atoms with van der Waals surface area (Å²) < 4.78 is 0. The van der Waals surface area contributed by atoms with Crippen molar-refractivity contribution in [1.29, 1.82) is 5.26 Å². The molecule has 0 unspecified atom stereocenters. The molecule has 4 nitrogen and oxygen atoms in total. The van der Waals surface area contributed by atoms with Gasteiger partial charge in [0.05, 0.1) is 0 Å². The molecular formula is C15H16N4. The number of nitrogens with one attached hydrogen (secondary N) is 1. The van der Waals surface area contributed by atoms with Gasteiger partial charge >= 0.3 is 0 Å². The minimum Gasteiger partial charge on any atom is -0.366 e. The molecule has 2 rings (SSSR count). The maximum absolute atomic E-state index is 8.80. The molecule has 2 aromatic rings. The van der Waals surface area contributed by atoms with E-state index in [0.29, 0.717) is 18.1 Å². The molecular weight excluding hydrogens is 236 g/mol. The number of anilines is 1. The van der Waals surface area contributed by atoms with Crippen LogP contribution in [0.4, 0.5) is 5.82 Å². The lowest BCUT2D eigenvalue weighted by molar-refractivity contribution is 1.04. The van der Waals surface area contributed by atoms with E-state index in [4.69, 9.17) is 5.26 Å². The van der Waals surface area contributed by atoms with Crippen LogP contribution in [-0.2, 0) is 6.54 Å². The SMILES string of the molecule is Cc1cc(C)c(CNc2cc(C#N)ncn2)c(C)c1. The van der Waals surface area contributed by atoms with Crippen molar-refractivity contribution in [2.75, 3.05) is 5.32 Å². The zero-order chi connectivity index (χ0) is 13.8. The Hall–Kier alpha value is -2.41. The summed E-state index contributed by atoms with van der Waals surface area (Å²) in [5.74, 6) is 0.672. The van der Waals surface area contributed by atoms with E-state index >= 15 is 0 Å². The van der Waals surface area contributed by atoms with E-state index in [9.17, 15) is 0 Å². The van der Waals surface area contributed by atoms with E-state index < -0.39 is 0 Å². The van der Waals surface area contributed by atoms with Gasteiger partial charge < -0.3 is 5.32 Å². The third-order valence-corrected chi connectivity index (χ3v) is 3.07. The highest BCUT2D eigenvalue weighted by atomic mass is 15.0. The van der Waals surface area contributed by atoms with Gasteiger partial charge in [-0.1, -0.05) is 17.7 Å². The molecule has 0 saturated carbocycles. The van der Waals surface area contributed by atoms with Crippen molar-refractivity contribution in [3.8, 4) is 6.07 Å². The predicted octanol–water partition coefficient (Wildman–Crippen LogP) is 2.89. The van der Waals surface area contributed by atoms with Crippen molar-refractivity contribution in [2.24, 2.45) is 0 Å². The molecule has 0 aliphatic rings. The zero-order valence-electron chi connectivity index (χ0n) is 11.4. The van der Waals surface area contributed by atoms with E-state index in [-0.39, 0.29) is 0 Å². The molecule has 1 heterocycles. The smallest absolute Gasteiger partial charge is 0.145 e. The molecule has 0 aliphatic carbocycles. The van der Waals surface area contributed by atoms with Gasteiger partial charge in [-0.05, 0) is 37.5 Å². The fourth-order valence-electron chi connectivity index (χ4n) is 2.18. The number of nitrogens with zero attached hydrogens (tertiary/aromatic N) is 3. The van der Waals surface area contributed by atoms with Crippen molar-refractivity contribution in [3.05, 3.63) is 52.5 Å². The Kier molecular flexibility index (Phi) is 3.76. The second kappa shape index (κ2) is 5.49. The summed E-state index contributed by atoms with van der Waals surface area (Å²) in [6.07, 6.45) is 1.40. The first kappa shape index (κ1) is 13.0. The van der Waals surface area contributed by atoms with Gasteiger partial charge in [0.15, 0.2) is 0 Å². The standard InChI is InChI=1S/C15H16N4/c1-10-4-11(2)14(12(3)5-10)8-17-15-6-13(7-16)18-9-19-15/h4-6,9H,8H2,1-3H3,(H,17,18,19). The highest BCUT2D eigenvalue weighted by Gasteiger charge is 2.04. The Morgan fingerprint density at radius 3 is 2.42 bits per heavy atom. The van der Waals surface area contributed by atoms with Crippen molar-refractivity contribution < 1.29 is 0 Å². The summed E-state index contributed by atoms with van der Waals surface area (Å²) in [6.45, 7) is 7.01. The number of rotatable bonds is 3. The summed E-state index contributed by atoms with van der Waals surface area (Å²) in [7, 11) is 0. The number of hydrogen-bond acceptors (Lipinski definition) is 4. The predicted molar refractivity (Wildman–Crippen MR) is 74.7 cm³/mol. The molecule has 96 valence electrons. The molecule has 0 aliphatic heterocycles. The Labute approximate surface area is 113 Å². The van der Waals surface area contributed by atoms with Crippen LogP contribution in [0.15, 0.2) is 24.5 Å². The topological polar surface area (TPSA) is 61.6 Å². The second-order valence-corrected chi connectivity index (χ2v) is 4.63. The first-order valence-electron chi connectivity index (χ1n) is 6.13. The highest BCUT2D eigenvalue weighted by molar-refractivity contribution is 5.43. The van der Waals surface area contributed by atoms with Gasteiger partial charge in [0.2, 0.25) is 0 Å². The van der Waals surface area contributed by atoms with Crippen LogP contribution in [-0.4, -0.2) is 9.97 Å². The van der Waals surface area contributed by atoms with Gasteiger partial charge in [0, 0.05) is 12.6 Å². The molecule has 1 aromatic heterocycles. The number of benzene rings is 1. The molecule has 0 amide bonds. The average molecular weight is 252 g/mol. The number of hydrogen-bond donors (Lipinski definition) is 1. The highest BCUT2D eigenvalue weighted by Crippen LogP contribution is 2.17. The minimum atomic E-state index is 0.370. The van der Waals surface area contributed by atoms with Crippen molar-refractivity contribution in [3.63, 3.8) is 0 Å². The molecule has 0 atom stereocenters.